The average Bonchev–Trinajstić information content (AvgIpc) is 2.82. The molecule has 0 radical (unpaired) electrons. The van der Waals surface area contributed by atoms with E-state index in [4.69, 9.17) is 16.1 Å². The second-order valence-electron chi connectivity index (χ2n) is 4.53. The van der Waals surface area contributed by atoms with Crippen molar-refractivity contribution in [1.82, 2.24) is 10.5 Å². The van der Waals surface area contributed by atoms with E-state index in [9.17, 15) is 4.79 Å². The summed E-state index contributed by atoms with van der Waals surface area (Å²) in [6.45, 7) is 3.96. The maximum absolute atomic E-state index is 11.7. The minimum absolute atomic E-state index is 0.0504. The summed E-state index contributed by atoms with van der Waals surface area (Å²) < 4.78 is 4.92. The van der Waals surface area contributed by atoms with E-state index in [0.29, 0.717) is 10.9 Å². The summed E-state index contributed by atoms with van der Waals surface area (Å²) >= 11 is 5.84. The highest BCUT2D eigenvalue weighted by Crippen LogP contribution is 2.15. The predicted molar refractivity (Wildman–Crippen MR) is 77.7 cm³/mol. The molecule has 2 aromatic rings. The van der Waals surface area contributed by atoms with Gasteiger partial charge in [0, 0.05) is 17.1 Å². The van der Waals surface area contributed by atoms with Gasteiger partial charge >= 0.3 is 0 Å². The lowest BCUT2D eigenvalue weighted by Crippen LogP contribution is -2.30. The molecule has 0 saturated heterocycles. The molecule has 1 heterocycles. The van der Waals surface area contributed by atoms with E-state index in [1.807, 2.05) is 31.2 Å². The van der Waals surface area contributed by atoms with Crippen molar-refractivity contribution in [2.75, 3.05) is 11.9 Å². The number of benzene rings is 1. The van der Waals surface area contributed by atoms with E-state index in [-0.39, 0.29) is 18.5 Å². The molecule has 0 aliphatic rings. The molecule has 1 aromatic heterocycles. The molecule has 6 heteroatoms. The summed E-state index contributed by atoms with van der Waals surface area (Å²) in [6.07, 6.45) is 0. The van der Waals surface area contributed by atoms with Crippen LogP contribution in [0, 0.1) is 6.92 Å². The van der Waals surface area contributed by atoms with Gasteiger partial charge in [0.2, 0.25) is 11.8 Å². The molecule has 5 nitrogen and oxygen atoms in total. The second kappa shape index (κ2) is 6.54. The van der Waals surface area contributed by atoms with E-state index < -0.39 is 0 Å². The Hall–Kier alpha value is -1.85. The molecule has 2 N–H and O–H groups in total. The number of nitrogens with one attached hydrogen (secondary N) is 2. The molecule has 1 aromatic carbocycles. The quantitative estimate of drug-likeness (QED) is 0.889. The van der Waals surface area contributed by atoms with Crippen molar-refractivity contribution in [1.29, 1.82) is 0 Å². The van der Waals surface area contributed by atoms with Crippen molar-refractivity contribution >= 4 is 23.4 Å². The van der Waals surface area contributed by atoms with Crippen molar-refractivity contribution in [3.05, 3.63) is 46.6 Å². The molecule has 0 aliphatic carbocycles. The molecular formula is C14H16ClN3O2. The first kappa shape index (κ1) is 14.6. The highest BCUT2D eigenvalue weighted by atomic mass is 35.5. The molecule has 1 amide bonds. The summed E-state index contributed by atoms with van der Waals surface area (Å²) in [5.41, 5.74) is 1.79. The van der Waals surface area contributed by atoms with Gasteiger partial charge in [-0.05, 0) is 31.5 Å². The molecule has 2 rings (SSSR count). The van der Waals surface area contributed by atoms with Crippen molar-refractivity contribution in [3.8, 4) is 0 Å². The largest absolute Gasteiger partial charge is 0.338 e. The number of hydrogen-bond donors (Lipinski definition) is 2. The summed E-state index contributed by atoms with van der Waals surface area (Å²) in [5, 5.41) is 10.1. The van der Waals surface area contributed by atoms with Gasteiger partial charge in [0.25, 0.3) is 0 Å². The molecular weight excluding hydrogens is 278 g/mol. The SMILES string of the molecule is Cc1cc(NC(=O)CNC(C)c2ccc(Cl)cc2)on1. The Balaban J connectivity index is 1.82. The monoisotopic (exact) mass is 293 g/mol. The minimum atomic E-state index is -0.179. The molecule has 0 fully saturated rings. The van der Waals surface area contributed by atoms with E-state index >= 15 is 0 Å². The lowest BCUT2D eigenvalue weighted by Gasteiger charge is -2.13. The number of amides is 1. The maximum Gasteiger partial charge on any atom is 0.240 e. The van der Waals surface area contributed by atoms with Crippen LogP contribution in [0.1, 0.15) is 24.2 Å². The fourth-order valence-electron chi connectivity index (χ4n) is 1.72. The Labute approximate surface area is 122 Å². The fourth-order valence-corrected chi connectivity index (χ4v) is 1.85. The average molecular weight is 294 g/mol. The number of hydrogen-bond acceptors (Lipinski definition) is 4. The maximum atomic E-state index is 11.7. The summed E-state index contributed by atoms with van der Waals surface area (Å²) in [7, 11) is 0. The zero-order valence-corrected chi connectivity index (χ0v) is 12.1. The molecule has 1 unspecified atom stereocenters. The number of rotatable bonds is 5. The first-order chi connectivity index (χ1) is 9.54. The Morgan fingerprint density at radius 1 is 1.40 bits per heavy atom. The van der Waals surface area contributed by atoms with Crippen LogP contribution in [0.25, 0.3) is 0 Å². The van der Waals surface area contributed by atoms with Gasteiger partial charge < -0.3 is 9.84 Å². The van der Waals surface area contributed by atoms with E-state index in [2.05, 4.69) is 15.8 Å². The third-order valence-electron chi connectivity index (χ3n) is 2.83. The van der Waals surface area contributed by atoms with Crippen LogP contribution < -0.4 is 10.6 Å². The van der Waals surface area contributed by atoms with E-state index in [1.165, 1.54) is 0 Å². The Morgan fingerprint density at radius 2 is 2.10 bits per heavy atom. The third-order valence-corrected chi connectivity index (χ3v) is 3.08. The zero-order chi connectivity index (χ0) is 14.5. The third kappa shape index (κ3) is 4.08. The lowest BCUT2D eigenvalue weighted by atomic mass is 10.1. The summed E-state index contributed by atoms with van der Waals surface area (Å²) in [6, 6.07) is 9.23. The van der Waals surface area contributed by atoms with Crippen LogP contribution in [0.4, 0.5) is 5.88 Å². The Kier molecular flexibility index (Phi) is 4.76. The normalized spacial score (nSPS) is 12.2. The Bertz CT molecular complexity index is 580. The van der Waals surface area contributed by atoms with Gasteiger partial charge in [0.1, 0.15) is 0 Å². The summed E-state index contributed by atoms with van der Waals surface area (Å²) in [4.78, 5) is 11.7. The fraction of sp³-hybridized carbons (Fsp3) is 0.286. The van der Waals surface area contributed by atoms with Gasteiger partial charge in [0.15, 0.2) is 0 Å². The molecule has 20 heavy (non-hydrogen) atoms. The first-order valence-electron chi connectivity index (χ1n) is 6.26. The van der Waals surface area contributed by atoms with Crippen LogP contribution in [0.2, 0.25) is 5.02 Å². The van der Waals surface area contributed by atoms with Gasteiger partial charge in [-0.3, -0.25) is 10.1 Å². The van der Waals surface area contributed by atoms with Crippen LogP contribution in [0.3, 0.4) is 0 Å². The number of aryl methyl sites for hydroxylation is 1. The van der Waals surface area contributed by atoms with Crippen molar-refractivity contribution in [3.63, 3.8) is 0 Å². The second-order valence-corrected chi connectivity index (χ2v) is 4.97. The van der Waals surface area contributed by atoms with Crippen molar-refractivity contribution in [2.24, 2.45) is 0 Å². The van der Waals surface area contributed by atoms with Gasteiger partial charge in [-0.1, -0.05) is 28.9 Å². The van der Waals surface area contributed by atoms with Gasteiger partial charge in [-0.2, -0.15) is 0 Å². The van der Waals surface area contributed by atoms with Crippen LogP contribution >= 0.6 is 11.6 Å². The lowest BCUT2D eigenvalue weighted by molar-refractivity contribution is -0.115. The highest BCUT2D eigenvalue weighted by molar-refractivity contribution is 6.30. The number of aromatic nitrogens is 1. The number of carbonyl (C=O) groups excluding carboxylic acids is 1. The van der Waals surface area contributed by atoms with Crippen LogP contribution in [0.15, 0.2) is 34.9 Å². The van der Waals surface area contributed by atoms with E-state index in [1.54, 1.807) is 13.0 Å². The minimum Gasteiger partial charge on any atom is -0.338 e. The number of nitrogens with zero attached hydrogens (tertiary/aromatic N) is 1. The first-order valence-corrected chi connectivity index (χ1v) is 6.64. The van der Waals surface area contributed by atoms with Gasteiger partial charge in [0.05, 0.1) is 12.2 Å². The van der Waals surface area contributed by atoms with E-state index in [0.717, 1.165) is 11.3 Å². The number of halogens is 1. The van der Waals surface area contributed by atoms with Crippen LogP contribution in [-0.4, -0.2) is 17.6 Å². The van der Waals surface area contributed by atoms with Crippen LogP contribution in [-0.2, 0) is 4.79 Å². The topological polar surface area (TPSA) is 67.2 Å². The molecule has 0 saturated carbocycles. The zero-order valence-electron chi connectivity index (χ0n) is 11.3. The van der Waals surface area contributed by atoms with Gasteiger partial charge in [-0.25, -0.2) is 0 Å². The van der Waals surface area contributed by atoms with Crippen molar-refractivity contribution in [2.45, 2.75) is 19.9 Å². The molecule has 0 aliphatic heterocycles. The standard InChI is InChI=1S/C14H16ClN3O2/c1-9-7-14(20-18-9)17-13(19)8-16-10(2)11-3-5-12(15)6-4-11/h3-7,10,16H,8H2,1-2H3,(H,17,19). The number of carbonyl (C=O) groups is 1. The van der Waals surface area contributed by atoms with Gasteiger partial charge in [-0.15, -0.1) is 0 Å². The molecule has 1 atom stereocenters. The smallest absolute Gasteiger partial charge is 0.240 e. The number of anilines is 1. The molecule has 106 valence electrons. The highest BCUT2D eigenvalue weighted by Gasteiger charge is 2.09. The summed E-state index contributed by atoms with van der Waals surface area (Å²) in [5.74, 6) is 0.176. The van der Waals surface area contributed by atoms with Crippen LogP contribution in [0.5, 0.6) is 0 Å². The predicted octanol–water partition coefficient (Wildman–Crippen LogP) is 2.93. The van der Waals surface area contributed by atoms with Crippen molar-refractivity contribution < 1.29 is 9.32 Å². The molecule has 0 spiro atoms. The Morgan fingerprint density at radius 3 is 2.70 bits per heavy atom. The molecule has 0 bridgehead atoms.